The standard InChI is InChI=1S/C17H24N2O2/c1-4-13-7-9-14(10-8-13)16(20)15(18(2)3)17(21)19-11-5-6-12-19/h5-10,15-16,20H,4,11-12H2,1-3H3/t15-,16+/m1/s1. The van der Waals surface area contributed by atoms with Crippen LogP contribution in [0.15, 0.2) is 36.4 Å². The Bertz CT molecular complexity index is 500. The number of aryl methyl sites for hydroxylation is 1. The van der Waals surface area contributed by atoms with Gasteiger partial charge >= 0.3 is 0 Å². The van der Waals surface area contributed by atoms with Gasteiger partial charge in [-0.05, 0) is 31.6 Å². The van der Waals surface area contributed by atoms with Crippen molar-refractivity contribution in [2.45, 2.75) is 25.5 Å². The van der Waals surface area contributed by atoms with Gasteiger partial charge in [0.15, 0.2) is 0 Å². The van der Waals surface area contributed by atoms with Gasteiger partial charge in [-0.25, -0.2) is 0 Å². The Morgan fingerprint density at radius 2 is 1.81 bits per heavy atom. The number of hydrogen-bond acceptors (Lipinski definition) is 3. The molecule has 1 heterocycles. The fourth-order valence-electron chi connectivity index (χ4n) is 2.62. The van der Waals surface area contributed by atoms with E-state index >= 15 is 0 Å². The lowest BCUT2D eigenvalue weighted by atomic mass is 9.98. The minimum atomic E-state index is -0.820. The monoisotopic (exact) mass is 288 g/mol. The van der Waals surface area contributed by atoms with Gasteiger partial charge in [-0.1, -0.05) is 43.3 Å². The molecule has 0 saturated heterocycles. The molecule has 1 aliphatic heterocycles. The third-order valence-corrected chi connectivity index (χ3v) is 3.97. The molecule has 2 rings (SSSR count). The first kappa shape index (κ1) is 15.7. The molecule has 0 unspecified atom stereocenters. The molecule has 0 aliphatic carbocycles. The number of likely N-dealkylation sites (N-methyl/N-ethyl adjacent to an activating group) is 1. The SMILES string of the molecule is CCc1ccc([C@H](O)[C@H](C(=O)N2CC=CC2)N(C)C)cc1. The average Bonchev–Trinajstić information content (AvgIpc) is 3.01. The number of benzene rings is 1. The Balaban J connectivity index is 2.17. The fraction of sp³-hybridized carbons (Fsp3) is 0.471. The van der Waals surface area contributed by atoms with Crippen LogP contribution in [0.5, 0.6) is 0 Å². The van der Waals surface area contributed by atoms with Crippen LogP contribution in [0.1, 0.15) is 24.2 Å². The summed E-state index contributed by atoms with van der Waals surface area (Å²) in [6.45, 7) is 3.35. The number of rotatable bonds is 5. The zero-order valence-corrected chi connectivity index (χ0v) is 13.0. The van der Waals surface area contributed by atoms with Crippen molar-refractivity contribution in [1.82, 2.24) is 9.80 Å². The highest BCUT2D eigenvalue weighted by molar-refractivity contribution is 5.83. The lowest BCUT2D eigenvalue weighted by Crippen LogP contribution is -2.48. The van der Waals surface area contributed by atoms with Crippen LogP contribution < -0.4 is 0 Å². The van der Waals surface area contributed by atoms with Gasteiger partial charge in [0.25, 0.3) is 0 Å². The van der Waals surface area contributed by atoms with Gasteiger partial charge < -0.3 is 10.0 Å². The van der Waals surface area contributed by atoms with Crippen molar-refractivity contribution in [3.05, 3.63) is 47.5 Å². The van der Waals surface area contributed by atoms with Crippen molar-refractivity contribution in [3.8, 4) is 0 Å². The molecule has 0 saturated carbocycles. The number of aliphatic hydroxyl groups excluding tert-OH is 1. The third kappa shape index (κ3) is 3.52. The summed E-state index contributed by atoms with van der Waals surface area (Å²) in [7, 11) is 3.66. The molecule has 0 radical (unpaired) electrons. The highest BCUT2D eigenvalue weighted by Crippen LogP contribution is 2.23. The number of carbonyl (C=O) groups excluding carboxylic acids is 1. The number of aliphatic hydroxyl groups is 1. The molecule has 2 atom stereocenters. The van der Waals surface area contributed by atoms with Crippen LogP contribution in [0, 0.1) is 0 Å². The van der Waals surface area contributed by atoms with Crippen LogP contribution in [0.4, 0.5) is 0 Å². The molecule has 0 bridgehead atoms. The van der Waals surface area contributed by atoms with Gasteiger partial charge in [-0.3, -0.25) is 9.69 Å². The largest absolute Gasteiger partial charge is 0.386 e. The van der Waals surface area contributed by atoms with Gasteiger partial charge in [0.05, 0.1) is 0 Å². The van der Waals surface area contributed by atoms with Crippen LogP contribution in [0.3, 0.4) is 0 Å². The Hall–Kier alpha value is -1.65. The molecule has 1 aromatic rings. The molecule has 0 spiro atoms. The van der Waals surface area contributed by atoms with Crippen LogP contribution >= 0.6 is 0 Å². The van der Waals surface area contributed by atoms with E-state index in [4.69, 9.17) is 0 Å². The molecule has 1 N–H and O–H groups in total. The summed E-state index contributed by atoms with van der Waals surface area (Å²) >= 11 is 0. The number of hydrogen-bond donors (Lipinski definition) is 1. The minimum absolute atomic E-state index is 0.0305. The first-order valence-corrected chi connectivity index (χ1v) is 7.41. The maximum atomic E-state index is 12.6. The Morgan fingerprint density at radius 3 is 2.29 bits per heavy atom. The molecule has 0 aromatic heterocycles. The molecule has 114 valence electrons. The van der Waals surface area contributed by atoms with Crippen LogP contribution in [-0.2, 0) is 11.2 Å². The summed E-state index contributed by atoms with van der Waals surface area (Å²) in [6, 6.07) is 7.28. The van der Waals surface area contributed by atoms with Gasteiger partial charge in [0.2, 0.25) is 5.91 Å². The molecule has 1 amide bonds. The number of nitrogens with zero attached hydrogens (tertiary/aromatic N) is 2. The minimum Gasteiger partial charge on any atom is -0.386 e. The molecule has 21 heavy (non-hydrogen) atoms. The third-order valence-electron chi connectivity index (χ3n) is 3.97. The second kappa shape index (κ2) is 6.87. The van der Waals surface area contributed by atoms with Crippen molar-refractivity contribution in [3.63, 3.8) is 0 Å². The van der Waals surface area contributed by atoms with E-state index in [0.717, 1.165) is 12.0 Å². The highest BCUT2D eigenvalue weighted by atomic mass is 16.3. The van der Waals surface area contributed by atoms with Crippen LogP contribution in [0.25, 0.3) is 0 Å². The van der Waals surface area contributed by atoms with E-state index in [0.29, 0.717) is 13.1 Å². The summed E-state index contributed by atoms with van der Waals surface area (Å²) in [5.74, 6) is -0.0305. The van der Waals surface area contributed by atoms with E-state index in [9.17, 15) is 9.90 Å². The van der Waals surface area contributed by atoms with E-state index in [1.165, 1.54) is 5.56 Å². The van der Waals surface area contributed by atoms with Crippen molar-refractivity contribution in [2.75, 3.05) is 27.2 Å². The number of carbonyl (C=O) groups is 1. The summed E-state index contributed by atoms with van der Waals surface area (Å²) in [4.78, 5) is 16.2. The van der Waals surface area contributed by atoms with Crippen LogP contribution in [0.2, 0.25) is 0 Å². The normalized spacial score (nSPS) is 17.3. The first-order valence-electron chi connectivity index (χ1n) is 7.41. The average molecular weight is 288 g/mol. The predicted molar refractivity (Wildman–Crippen MR) is 84.0 cm³/mol. The second-order valence-corrected chi connectivity index (χ2v) is 5.66. The summed E-state index contributed by atoms with van der Waals surface area (Å²) in [6.07, 6.45) is 4.10. The molecule has 4 heteroatoms. The van der Waals surface area contributed by atoms with Crippen molar-refractivity contribution in [2.24, 2.45) is 0 Å². The lowest BCUT2D eigenvalue weighted by molar-refractivity contribution is -0.138. The fourth-order valence-corrected chi connectivity index (χ4v) is 2.62. The summed E-state index contributed by atoms with van der Waals surface area (Å²) in [5.41, 5.74) is 2.01. The van der Waals surface area contributed by atoms with Crippen molar-refractivity contribution < 1.29 is 9.90 Å². The van der Waals surface area contributed by atoms with Crippen molar-refractivity contribution in [1.29, 1.82) is 0 Å². The van der Waals surface area contributed by atoms with Gasteiger partial charge in [-0.2, -0.15) is 0 Å². The molecule has 4 nitrogen and oxygen atoms in total. The summed E-state index contributed by atoms with van der Waals surface area (Å²) < 4.78 is 0. The van der Waals surface area contributed by atoms with E-state index < -0.39 is 12.1 Å². The highest BCUT2D eigenvalue weighted by Gasteiger charge is 2.33. The van der Waals surface area contributed by atoms with E-state index in [-0.39, 0.29) is 5.91 Å². The van der Waals surface area contributed by atoms with Gasteiger partial charge in [0, 0.05) is 13.1 Å². The van der Waals surface area contributed by atoms with Crippen LogP contribution in [-0.4, -0.2) is 54.0 Å². The number of amides is 1. The summed E-state index contributed by atoms with van der Waals surface area (Å²) in [5, 5.41) is 10.6. The van der Waals surface area contributed by atoms with Gasteiger partial charge in [0.1, 0.15) is 12.1 Å². The second-order valence-electron chi connectivity index (χ2n) is 5.66. The lowest BCUT2D eigenvalue weighted by Gasteiger charge is -2.31. The van der Waals surface area contributed by atoms with Crippen molar-refractivity contribution >= 4 is 5.91 Å². The Kier molecular flexibility index (Phi) is 5.15. The topological polar surface area (TPSA) is 43.8 Å². The predicted octanol–water partition coefficient (Wildman–Crippen LogP) is 1.61. The molecule has 0 fully saturated rings. The Labute approximate surface area is 126 Å². The molecular weight excluding hydrogens is 264 g/mol. The molecular formula is C17H24N2O2. The first-order chi connectivity index (χ1) is 10.0. The zero-order chi connectivity index (χ0) is 15.4. The van der Waals surface area contributed by atoms with E-state index in [2.05, 4.69) is 6.92 Å². The van der Waals surface area contributed by atoms with E-state index in [1.807, 2.05) is 50.5 Å². The quantitative estimate of drug-likeness (QED) is 0.837. The smallest absolute Gasteiger partial charge is 0.243 e. The zero-order valence-electron chi connectivity index (χ0n) is 13.0. The molecule has 1 aliphatic rings. The maximum Gasteiger partial charge on any atom is 0.243 e. The Morgan fingerprint density at radius 1 is 1.24 bits per heavy atom. The van der Waals surface area contributed by atoms with Gasteiger partial charge in [-0.15, -0.1) is 0 Å². The molecule has 1 aromatic carbocycles. The van der Waals surface area contributed by atoms with E-state index in [1.54, 1.807) is 9.80 Å². The maximum absolute atomic E-state index is 12.6.